The van der Waals surface area contributed by atoms with Gasteiger partial charge in [-0.1, -0.05) is 12.8 Å². The SMILES string of the molecule is S=C([S-])N(N1CCNCC1)N(C(=S)S)N1CCCCC1.S=C([S-])N(N1CCNCC1)N(C(=S)S)N1CCCCC1.[O]=[Mo+2]=[O]. The zero-order chi connectivity index (χ0) is 31.8. The second kappa shape index (κ2) is 22.3. The number of piperidine rings is 2. The Labute approximate surface area is 307 Å². The Bertz CT molecular complexity index is 809. The van der Waals surface area contributed by atoms with Gasteiger partial charge in [-0.05, 0) is 58.8 Å². The van der Waals surface area contributed by atoms with Gasteiger partial charge in [0, 0.05) is 78.5 Å². The van der Waals surface area contributed by atoms with Crippen molar-refractivity contribution >= 4 is 117 Å². The van der Waals surface area contributed by atoms with E-state index in [4.69, 9.17) is 80.9 Å². The van der Waals surface area contributed by atoms with E-state index in [2.05, 4.69) is 55.9 Å². The standard InChI is InChI=1S/2C11H21N5S4.Mo.2O/c2*17-10(18)15(13-6-2-1-3-7-13)16(11(19)20)14-8-4-12-5-9-14;;;/h2*12H,1-9H2,(H,17,18)(H,19,20);;;/q;;+2;;/p-2. The van der Waals surface area contributed by atoms with Crippen molar-refractivity contribution < 1.29 is 25.3 Å². The predicted molar refractivity (Wildman–Crippen MR) is 192 cm³/mol. The summed E-state index contributed by atoms with van der Waals surface area (Å²) in [5, 5.41) is 22.7. The summed E-state index contributed by atoms with van der Waals surface area (Å²) in [6.07, 6.45) is 7.16. The third kappa shape index (κ3) is 13.4. The number of thiol groups is 2. The fourth-order valence-corrected chi connectivity index (χ4v) is 6.67. The first-order valence-corrected chi connectivity index (χ1v) is 19.0. The second-order valence-corrected chi connectivity index (χ2v) is 14.4. The van der Waals surface area contributed by atoms with Crippen LogP contribution in [0, 0.1) is 0 Å². The first-order valence-electron chi connectivity index (χ1n) is 14.0. The monoisotopic (exact) mass is 830 g/mol. The van der Waals surface area contributed by atoms with Crippen molar-refractivity contribution in [3.8, 4) is 0 Å². The molecular formula is C22H40MoN10O2S8. The summed E-state index contributed by atoms with van der Waals surface area (Å²) in [6, 6.07) is 0. The van der Waals surface area contributed by atoms with Gasteiger partial charge < -0.3 is 60.3 Å². The van der Waals surface area contributed by atoms with E-state index in [0.29, 0.717) is 17.3 Å². The summed E-state index contributed by atoms with van der Waals surface area (Å²) in [5.74, 6) is 0. The van der Waals surface area contributed by atoms with Crippen molar-refractivity contribution in [2.24, 2.45) is 0 Å². The van der Waals surface area contributed by atoms with E-state index in [1.807, 2.05) is 20.5 Å². The van der Waals surface area contributed by atoms with Crippen LogP contribution in [0.25, 0.3) is 0 Å². The minimum atomic E-state index is -2.03. The molecule has 4 saturated heterocycles. The van der Waals surface area contributed by atoms with Crippen LogP contribution in [-0.2, 0) is 50.5 Å². The topological polar surface area (TPSA) is 84.1 Å². The van der Waals surface area contributed by atoms with E-state index in [-0.39, 0.29) is 0 Å². The third-order valence-corrected chi connectivity index (χ3v) is 8.29. The quantitative estimate of drug-likeness (QED) is 0.108. The van der Waals surface area contributed by atoms with Crippen LogP contribution in [0.5, 0.6) is 0 Å². The number of hydrogen-bond donors (Lipinski definition) is 4. The molecule has 21 heteroatoms. The molecule has 2 N–H and O–H groups in total. The molecule has 0 aromatic carbocycles. The van der Waals surface area contributed by atoms with Crippen molar-refractivity contribution in [1.29, 1.82) is 0 Å². The number of nitrogens with one attached hydrogen (secondary N) is 2. The molecule has 12 nitrogen and oxygen atoms in total. The van der Waals surface area contributed by atoms with Crippen molar-refractivity contribution in [3.63, 3.8) is 0 Å². The molecule has 0 unspecified atom stereocenters. The van der Waals surface area contributed by atoms with E-state index in [9.17, 15) is 0 Å². The van der Waals surface area contributed by atoms with Crippen LogP contribution in [0.3, 0.4) is 0 Å². The molecule has 4 heterocycles. The number of hydrogen-bond acceptors (Lipinski definition) is 14. The van der Waals surface area contributed by atoms with Gasteiger partial charge in [0.25, 0.3) is 0 Å². The summed E-state index contributed by atoms with van der Waals surface area (Å²) in [4.78, 5) is 0. The van der Waals surface area contributed by atoms with Crippen LogP contribution in [-0.4, -0.2) is 136 Å². The average Bonchev–Trinajstić information content (AvgIpc) is 3.00. The number of piperazine rings is 2. The van der Waals surface area contributed by atoms with E-state index in [1.54, 1.807) is 0 Å². The molecule has 0 aliphatic carbocycles. The van der Waals surface area contributed by atoms with Gasteiger partial charge >= 0.3 is 25.3 Å². The first-order chi connectivity index (χ1) is 20.6. The van der Waals surface area contributed by atoms with E-state index in [1.165, 1.54) is 12.8 Å². The van der Waals surface area contributed by atoms with Crippen LogP contribution in [0.4, 0.5) is 0 Å². The van der Waals surface area contributed by atoms with Gasteiger partial charge in [0.05, 0.1) is 0 Å². The Morgan fingerprint density at radius 1 is 0.535 bits per heavy atom. The molecule has 0 amide bonds. The van der Waals surface area contributed by atoms with Crippen LogP contribution >= 0.6 is 74.1 Å². The van der Waals surface area contributed by atoms with E-state index in [0.717, 1.165) is 104 Å². The summed E-state index contributed by atoms with van der Waals surface area (Å²) in [5.41, 5.74) is 0. The summed E-state index contributed by atoms with van der Waals surface area (Å²) in [6.45, 7) is 10.9. The van der Waals surface area contributed by atoms with Crippen molar-refractivity contribution in [2.45, 2.75) is 38.5 Å². The molecule has 0 spiro atoms. The van der Waals surface area contributed by atoms with E-state index >= 15 is 0 Å². The fourth-order valence-electron chi connectivity index (χ4n) is 5.09. The van der Waals surface area contributed by atoms with Crippen molar-refractivity contribution in [3.05, 3.63) is 0 Å². The molecule has 4 fully saturated rings. The zero-order valence-corrected chi connectivity index (χ0v) is 32.6. The Morgan fingerprint density at radius 3 is 1.02 bits per heavy atom. The third-order valence-electron chi connectivity index (χ3n) is 6.95. The van der Waals surface area contributed by atoms with Gasteiger partial charge in [-0.2, -0.15) is 30.3 Å². The molecule has 0 saturated carbocycles. The van der Waals surface area contributed by atoms with Gasteiger partial charge in [0.2, 0.25) is 0 Å². The fraction of sp³-hybridized carbons (Fsp3) is 0.818. The van der Waals surface area contributed by atoms with Gasteiger partial charge in [0.15, 0.2) is 8.64 Å². The Hall–Kier alpha value is 0.748. The molecule has 0 atom stereocenters. The first kappa shape index (κ1) is 39.9. The number of rotatable bonds is 4. The molecule has 0 radical (unpaired) electrons. The zero-order valence-electron chi connectivity index (χ0n) is 23.9. The van der Waals surface area contributed by atoms with Gasteiger partial charge in [0.1, 0.15) is 0 Å². The molecule has 0 aromatic rings. The maximum absolute atomic E-state index is 8.50. The normalized spacial score (nSPS) is 20.1. The van der Waals surface area contributed by atoms with Crippen LogP contribution in [0.15, 0.2) is 0 Å². The predicted octanol–water partition coefficient (Wildman–Crippen LogP) is 1.31. The molecular weight excluding hydrogens is 789 g/mol. The second-order valence-electron chi connectivity index (χ2n) is 9.76. The number of hydrazine groups is 6. The molecule has 43 heavy (non-hydrogen) atoms. The van der Waals surface area contributed by atoms with Crippen molar-refractivity contribution in [1.82, 2.24) is 51.1 Å². The number of thiocarbonyl (C=S) groups is 4. The van der Waals surface area contributed by atoms with Crippen LogP contribution in [0.2, 0.25) is 0 Å². The summed E-state index contributed by atoms with van der Waals surface area (Å²) < 4.78 is 18.7. The van der Waals surface area contributed by atoms with Crippen LogP contribution in [0.1, 0.15) is 38.5 Å². The van der Waals surface area contributed by atoms with E-state index < -0.39 is 18.5 Å². The average molecular weight is 829 g/mol. The minimum absolute atomic E-state index is 0.383. The summed E-state index contributed by atoms with van der Waals surface area (Å²) >= 11 is 38.5. The Kier molecular flexibility index (Phi) is 20.7. The molecule has 0 bridgehead atoms. The molecule has 0 aromatic heterocycles. The maximum atomic E-state index is 8.50. The Morgan fingerprint density at radius 2 is 0.791 bits per heavy atom. The summed E-state index contributed by atoms with van der Waals surface area (Å²) in [7, 11) is 0. The molecule has 4 aliphatic heterocycles. The van der Waals surface area contributed by atoms with Crippen molar-refractivity contribution in [2.75, 3.05) is 78.5 Å². The van der Waals surface area contributed by atoms with Gasteiger partial charge in [-0.3, -0.25) is 0 Å². The molecule has 4 rings (SSSR count). The van der Waals surface area contributed by atoms with Crippen LogP contribution < -0.4 is 10.6 Å². The molecule has 244 valence electrons. The van der Waals surface area contributed by atoms with Gasteiger partial charge in [-0.15, -0.1) is 25.3 Å². The molecule has 4 aliphatic rings. The van der Waals surface area contributed by atoms with Gasteiger partial charge in [-0.25, -0.2) is 10.2 Å². The Balaban J connectivity index is 0.000000275. The number of nitrogens with zero attached hydrogens (tertiary/aromatic N) is 8.